The molecule has 2 aliphatic heterocycles. The van der Waals surface area contributed by atoms with Crippen LogP contribution in [0, 0.1) is 0 Å². The first-order chi connectivity index (χ1) is 11.6. The van der Waals surface area contributed by atoms with Crippen molar-refractivity contribution in [2.75, 3.05) is 44.2 Å². The van der Waals surface area contributed by atoms with Crippen molar-refractivity contribution in [3.05, 3.63) is 18.5 Å². The highest BCUT2D eigenvalue weighted by molar-refractivity contribution is 5.75. The molecule has 0 radical (unpaired) electrons. The zero-order valence-electron chi connectivity index (χ0n) is 14.0. The molecule has 8 heteroatoms. The maximum atomic E-state index is 12.4. The summed E-state index contributed by atoms with van der Waals surface area (Å²) >= 11 is 0. The molecule has 0 unspecified atom stereocenters. The SMILES string of the molecule is CC(=O)N1CCC(NC(=O)N2CCN(c3ncccn3)CC2)CC1. The highest BCUT2D eigenvalue weighted by atomic mass is 16.2. The number of rotatable bonds is 2. The summed E-state index contributed by atoms with van der Waals surface area (Å²) in [6.07, 6.45) is 5.11. The molecule has 1 N–H and O–H groups in total. The number of nitrogens with one attached hydrogen (secondary N) is 1. The van der Waals surface area contributed by atoms with Crippen molar-refractivity contribution in [3.8, 4) is 0 Å². The van der Waals surface area contributed by atoms with Crippen LogP contribution in [0.2, 0.25) is 0 Å². The molecule has 2 saturated heterocycles. The predicted octanol–water partition coefficient (Wildman–Crippen LogP) is 0.319. The summed E-state index contributed by atoms with van der Waals surface area (Å²) in [5.41, 5.74) is 0. The molecule has 0 spiro atoms. The largest absolute Gasteiger partial charge is 0.343 e. The van der Waals surface area contributed by atoms with Gasteiger partial charge in [-0.25, -0.2) is 14.8 Å². The number of hydrogen-bond donors (Lipinski definition) is 1. The van der Waals surface area contributed by atoms with Gasteiger partial charge in [0.2, 0.25) is 11.9 Å². The summed E-state index contributed by atoms with van der Waals surface area (Å²) in [6, 6.07) is 1.94. The van der Waals surface area contributed by atoms with Gasteiger partial charge in [-0.15, -0.1) is 0 Å². The van der Waals surface area contributed by atoms with Crippen LogP contribution in [-0.2, 0) is 4.79 Å². The van der Waals surface area contributed by atoms with Crippen molar-refractivity contribution >= 4 is 17.9 Å². The van der Waals surface area contributed by atoms with Crippen LogP contribution in [-0.4, -0.2) is 77.0 Å². The zero-order chi connectivity index (χ0) is 16.9. The van der Waals surface area contributed by atoms with Gasteiger partial charge in [0.15, 0.2) is 0 Å². The first-order valence-corrected chi connectivity index (χ1v) is 8.46. The fourth-order valence-corrected chi connectivity index (χ4v) is 3.17. The number of likely N-dealkylation sites (tertiary alicyclic amines) is 1. The Morgan fingerprint density at radius 2 is 1.62 bits per heavy atom. The minimum Gasteiger partial charge on any atom is -0.343 e. The lowest BCUT2D eigenvalue weighted by atomic mass is 10.1. The normalized spacial score (nSPS) is 19.3. The van der Waals surface area contributed by atoms with Crippen LogP contribution >= 0.6 is 0 Å². The summed E-state index contributed by atoms with van der Waals surface area (Å²) < 4.78 is 0. The maximum Gasteiger partial charge on any atom is 0.317 e. The number of hydrogen-bond acceptors (Lipinski definition) is 5. The van der Waals surface area contributed by atoms with Gasteiger partial charge < -0.3 is 20.0 Å². The third-order valence-electron chi connectivity index (χ3n) is 4.67. The van der Waals surface area contributed by atoms with Crippen molar-refractivity contribution in [3.63, 3.8) is 0 Å². The third kappa shape index (κ3) is 3.93. The van der Waals surface area contributed by atoms with E-state index in [1.165, 1.54) is 0 Å². The lowest BCUT2D eigenvalue weighted by Gasteiger charge is -2.37. The smallest absolute Gasteiger partial charge is 0.317 e. The molecular weight excluding hydrogens is 308 g/mol. The summed E-state index contributed by atoms with van der Waals surface area (Å²) in [6.45, 7) is 5.83. The average Bonchev–Trinajstić information content (AvgIpc) is 2.63. The van der Waals surface area contributed by atoms with Gasteiger partial charge in [0.25, 0.3) is 0 Å². The number of piperazine rings is 1. The predicted molar refractivity (Wildman–Crippen MR) is 89.6 cm³/mol. The van der Waals surface area contributed by atoms with E-state index in [9.17, 15) is 9.59 Å². The minimum atomic E-state index is -0.00935. The molecular formula is C16H24N6O2. The van der Waals surface area contributed by atoms with Gasteiger partial charge in [-0.05, 0) is 18.9 Å². The van der Waals surface area contributed by atoms with E-state index in [-0.39, 0.29) is 18.0 Å². The van der Waals surface area contributed by atoms with Crippen LogP contribution in [0.5, 0.6) is 0 Å². The highest BCUT2D eigenvalue weighted by Crippen LogP contribution is 2.13. The van der Waals surface area contributed by atoms with Gasteiger partial charge in [0.05, 0.1) is 0 Å². The van der Waals surface area contributed by atoms with Crippen LogP contribution < -0.4 is 10.2 Å². The lowest BCUT2D eigenvalue weighted by molar-refractivity contribution is -0.129. The molecule has 8 nitrogen and oxygen atoms in total. The lowest BCUT2D eigenvalue weighted by Crippen LogP contribution is -2.55. The van der Waals surface area contributed by atoms with Crippen molar-refractivity contribution in [1.82, 2.24) is 25.1 Å². The van der Waals surface area contributed by atoms with Gasteiger partial charge in [-0.3, -0.25) is 4.79 Å². The summed E-state index contributed by atoms with van der Waals surface area (Å²) in [5.74, 6) is 0.827. The van der Waals surface area contributed by atoms with Crippen molar-refractivity contribution in [1.29, 1.82) is 0 Å². The number of amides is 3. The molecule has 3 rings (SSSR count). The van der Waals surface area contributed by atoms with Crippen LogP contribution in [0.1, 0.15) is 19.8 Å². The van der Waals surface area contributed by atoms with Gasteiger partial charge in [0.1, 0.15) is 0 Å². The molecule has 0 aliphatic carbocycles. The monoisotopic (exact) mass is 332 g/mol. The first kappa shape index (κ1) is 16.5. The van der Waals surface area contributed by atoms with E-state index in [2.05, 4.69) is 20.2 Å². The standard InChI is InChI=1S/C16H24N6O2/c1-13(23)20-7-3-14(4-8-20)19-16(24)22-11-9-21(10-12-22)15-17-5-2-6-18-15/h2,5-6,14H,3-4,7-12H2,1H3,(H,19,24). The quantitative estimate of drug-likeness (QED) is 0.843. The molecule has 0 saturated carbocycles. The summed E-state index contributed by atoms with van der Waals surface area (Å²) in [7, 11) is 0. The molecule has 3 heterocycles. The Hall–Kier alpha value is -2.38. The molecule has 0 bridgehead atoms. The van der Waals surface area contributed by atoms with Gasteiger partial charge >= 0.3 is 6.03 Å². The number of carbonyl (C=O) groups is 2. The van der Waals surface area contributed by atoms with Crippen LogP contribution in [0.3, 0.4) is 0 Å². The van der Waals surface area contributed by atoms with E-state index < -0.39 is 0 Å². The second-order valence-corrected chi connectivity index (χ2v) is 6.25. The number of urea groups is 1. The van der Waals surface area contributed by atoms with Crippen LogP contribution in [0.15, 0.2) is 18.5 Å². The van der Waals surface area contributed by atoms with Gasteiger partial charge in [-0.1, -0.05) is 0 Å². The van der Waals surface area contributed by atoms with E-state index in [4.69, 9.17) is 0 Å². The average molecular weight is 332 g/mol. The summed E-state index contributed by atoms with van der Waals surface area (Å²) in [4.78, 5) is 38.0. The number of anilines is 1. The number of nitrogens with zero attached hydrogens (tertiary/aromatic N) is 5. The first-order valence-electron chi connectivity index (χ1n) is 8.46. The molecule has 3 amide bonds. The topological polar surface area (TPSA) is 81.7 Å². The summed E-state index contributed by atoms with van der Waals surface area (Å²) in [5, 5.41) is 3.10. The van der Waals surface area contributed by atoms with E-state index in [0.717, 1.165) is 39.0 Å². The molecule has 130 valence electrons. The second-order valence-electron chi connectivity index (χ2n) is 6.25. The minimum absolute atomic E-state index is 0.00935. The van der Waals surface area contributed by atoms with Crippen LogP contribution in [0.25, 0.3) is 0 Å². The number of carbonyl (C=O) groups excluding carboxylic acids is 2. The molecule has 2 fully saturated rings. The van der Waals surface area contributed by atoms with Gasteiger partial charge in [-0.2, -0.15) is 0 Å². The third-order valence-corrected chi connectivity index (χ3v) is 4.67. The van der Waals surface area contributed by atoms with E-state index in [0.29, 0.717) is 19.0 Å². The Bertz CT molecular complexity index is 565. The Kier molecular flexibility index (Phi) is 5.12. The maximum absolute atomic E-state index is 12.4. The molecule has 2 aliphatic rings. The highest BCUT2D eigenvalue weighted by Gasteiger charge is 2.26. The fraction of sp³-hybridized carbons (Fsp3) is 0.625. The Balaban J connectivity index is 1.43. The zero-order valence-corrected chi connectivity index (χ0v) is 14.0. The van der Waals surface area contributed by atoms with Crippen molar-refractivity contribution in [2.24, 2.45) is 0 Å². The molecule has 1 aromatic heterocycles. The van der Waals surface area contributed by atoms with Crippen LogP contribution in [0.4, 0.5) is 10.7 Å². The second kappa shape index (κ2) is 7.46. The van der Waals surface area contributed by atoms with Crippen molar-refractivity contribution < 1.29 is 9.59 Å². The Labute approximate surface area is 141 Å². The molecule has 24 heavy (non-hydrogen) atoms. The number of piperidine rings is 1. The van der Waals surface area contributed by atoms with E-state index >= 15 is 0 Å². The molecule has 1 aromatic rings. The van der Waals surface area contributed by atoms with Gasteiger partial charge in [0, 0.05) is 64.6 Å². The van der Waals surface area contributed by atoms with Crippen molar-refractivity contribution in [2.45, 2.75) is 25.8 Å². The number of aromatic nitrogens is 2. The molecule has 0 atom stereocenters. The molecule has 0 aromatic carbocycles. The van der Waals surface area contributed by atoms with E-state index in [1.54, 1.807) is 25.4 Å². The fourth-order valence-electron chi connectivity index (χ4n) is 3.17. The van der Waals surface area contributed by atoms with E-state index in [1.807, 2.05) is 9.80 Å². The Morgan fingerprint density at radius 3 is 2.21 bits per heavy atom. The Morgan fingerprint density at radius 1 is 1.00 bits per heavy atom.